The van der Waals surface area contributed by atoms with Gasteiger partial charge >= 0.3 is 0 Å². The number of carbonyl (C=O) groups excluding carboxylic acids is 1. The second-order valence-corrected chi connectivity index (χ2v) is 5.06. The predicted molar refractivity (Wildman–Crippen MR) is 77.4 cm³/mol. The van der Waals surface area contributed by atoms with Gasteiger partial charge in [-0.2, -0.15) is 11.3 Å². The molecular formula is C15H17NO2S. The molecule has 0 N–H and O–H groups in total. The molecular weight excluding hydrogens is 258 g/mol. The van der Waals surface area contributed by atoms with Crippen LogP contribution in [0.5, 0.6) is 0 Å². The molecule has 1 heterocycles. The summed E-state index contributed by atoms with van der Waals surface area (Å²) < 4.78 is 5.57. The topological polar surface area (TPSA) is 29.5 Å². The maximum absolute atomic E-state index is 11.9. The van der Waals surface area contributed by atoms with Crippen molar-refractivity contribution in [2.75, 3.05) is 20.2 Å². The summed E-state index contributed by atoms with van der Waals surface area (Å²) in [5.74, 6) is 0.0459. The highest BCUT2D eigenvalue weighted by atomic mass is 32.1. The minimum Gasteiger partial charge on any atom is -0.375 e. The standard InChI is InChI=1S/C15H17NO2S/c1-16(15(17)14-7-10-19-12-14)8-9-18-11-13-5-3-2-4-6-13/h2-7,10,12H,8-9,11H2,1H3. The molecule has 0 unspecified atom stereocenters. The number of carbonyl (C=O) groups is 1. The number of nitrogens with zero attached hydrogens (tertiary/aromatic N) is 1. The van der Waals surface area contributed by atoms with Gasteiger partial charge in [0.25, 0.3) is 5.91 Å². The Balaban J connectivity index is 1.70. The first kappa shape index (κ1) is 13.8. The van der Waals surface area contributed by atoms with Gasteiger partial charge in [-0.1, -0.05) is 30.3 Å². The number of thiophene rings is 1. The molecule has 0 spiro atoms. The molecule has 1 aromatic carbocycles. The lowest BCUT2D eigenvalue weighted by molar-refractivity contribution is 0.0671. The number of hydrogen-bond acceptors (Lipinski definition) is 3. The van der Waals surface area contributed by atoms with E-state index in [4.69, 9.17) is 4.74 Å². The van der Waals surface area contributed by atoms with Crippen molar-refractivity contribution in [3.8, 4) is 0 Å². The quantitative estimate of drug-likeness (QED) is 0.758. The minimum absolute atomic E-state index is 0.0459. The fraction of sp³-hybridized carbons (Fsp3) is 0.267. The first-order valence-corrected chi connectivity index (χ1v) is 7.11. The van der Waals surface area contributed by atoms with Crippen LogP contribution in [0.3, 0.4) is 0 Å². The normalized spacial score (nSPS) is 10.4. The van der Waals surface area contributed by atoms with Crippen LogP contribution in [-0.4, -0.2) is 31.0 Å². The molecule has 0 aliphatic carbocycles. The Morgan fingerprint density at radius 3 is 2.74 bits per heavy atom. The Morgan fingerprint density at radius 2 is 2.05 bits per heavy atom. The van der Waals surface area contributed by atoms with Gasteiger partial charge in [-0.25, -0.2) is 0 Å². The Hall–Kier alpha value is -1.65. The lowest BCUT2D eigenvalue weighted by atomic mass is 10.2. The van der Waals surface area contributed by atoms with Gasteiger partial charge in [0, 0.05) is 19.0 Å². The van der Waals surface area contributed by atoms with Crippen molar-refractivity contribution in [2.45, 2.75) is 6.61 Å². The monoisotopic (exact) mass is 275 g/mol. The number of benzene rings is 1. The molecule has 0 aliphatic heterocycles. The lowest BCUT2D eigenvalue weighted by Crippen LogP contribution is -2.29. The summed E-state index contributed by atoms with van der Waals surface area (Å²) in [7, 11) is 1.80. The summed E-state index contributed by atoms with van der Waals surface area (Å²) in [4.78, 5) is 13.6. The number of amides is 1. The Kier molecular flexibility index (Phi) is 5.12. The Morgan fingerprint density at radius 1 is 1.26 bits per heavy atom. The van der Waals surface area contributed by atoms with E-state index in [1.807, 2.05) is 47.2 Å². The molecule has 100 valence electrons. The number of hydrogen-bond donors (Lipinski definition) is 0. The molecule has 0 bridgehead atoms. The highest BCUT2D eigenvalue weighted by Crippen LogP contribution is 2.08. The van der Waals surface area contributed by atoms with Crippen LogP contribution in [0.25, 0.3) is 0 Å². The summed E-state index contributed by atoms with van der Waals surface area (Å²) >= 11 is 1.53. The lowest BCUT2D eigenvalue weighted by Gasteiger charge is -2.16. The molecule has 2 rings (SSSR count). The van der Waals surface area contributed by atoms with E-state index < -0.39 is 0 Å². The molecule has 1 aromatic heterocycles. The average molecular weight is 275 g/mol. The van der Waals surface area contributed by atoms with E-state index in [0.717, 1.165) is 11.1 Å². The molecule has 3 nitrogen and oxygen atoms in total. The second-order valence-electron chi connectivity index (χ2n) is 4.28. The van der Waals surface area contributed by atoms with E-state index >= 15 is 0 Å². The maximum atomic E-state index is 11.9. The number of rotatable bonds is 6. The van der Waals surface area contributed by atoms with Gasteiger partial charge in [-0.3, -0.25) is 4.79 Å². The molecule has 2 aromatic rings. The fourth-order valence-electron chi connectivity index (χ4n) is 1.67. The van der Waals surface area contributed by atoms with Crippen LogP contribution in [0.4, 0.5) is 0 Å². The largest absolute Gasteiger partial charge is 0.375 e. The molecule has 1 amide bonds. The zero-order valence-corrected chi connectivity index (χ0v) is 11.7. The molecule has 0 fully saturated rings. The van der Waals surface area contributed by atoms with Crippen LogP contribution in [-0.2, 0) is 11.3 Å². The second kappa shape index (κ2) is 7.07. The third-order valence-electron chi connectivity index (χ3n) is 2.80. The van der Waals surface area contributed by atoms with E-state index in [1.54, 1.807) is 11.9 Å². The summed E-state index contributed by atoms with van der Waals surface area (Å²) in [5.41, 5.74) is 1.89. The van der Waals surface area contributed by atoms with Crippen molar-refractivity contribution in [3.05, 3.63) is 58.3 Å². The number of likely N-dealkylation sites (N-methyl/N-ethyl adjacent to an activating group) is 1. The molecule has 0 radical (unpaired) electrons. The minimum atomic E-state index is 0.0459. The van der Waals surface area contributed by atoms with Gasteiger partial charge in [0.1, 0.15) is 0 Å². The van der Waals surface area contributed by atoms with Crippen LogP contribution in [0.1, 0.15) is 15.9 Å². The zero-order valence-electron chi connectivity index (χ0n) is 10.9. The smallest absolute Gasteiger partial charge is 0.254 e. The van der Waals surface area contributed by atoms with Crippen molar-refractivity contribution in [3.63, 3.8) is 0 Å². The third kappa shape index (κ3) is 4.19. The predicted octanol–water partition coefficient (Wildman–Crippen LogP) is 3.04. The molecule has 0 saturated carbocycles. The molecule has 0 saturated heterocycles. The van der Waals surface area contributed by atoms with Crippen LogP contribution >= 0.6 is 11.3 Å². The third-order valence-corrected chi connectivity index (χ3v) is 3.48. The van der Waals surface area contributed by atoms with Crippen molar-refractivity contribution in [1.29, 1.82) is 0 Å². The summed E-state index contributed by atoms with van der Waals surface area (Å²) in [6.45, 7) is 1.73. The van der Waals surface area contributed by atoms with Crippen molar-refractivity contribution < 1.29 is 9.53 Å². The molecule has 4 heteroatoms. The van der Waals surface area contributed by atoms with Crippen LogP contribution in [0, 0.1) is 0 Å². The van der Waals surface area contributed by atoms with Gasteiger partial charge in [0.2, 0.25) is 0 Å². The van der Waals surface area contributed by atoms with Gasteiger partial charge in [-0.05, 0) is 17.0 Å². The van der Waals surface area contributed by atoms with Gasteiger partial charge in [-0.15, -0.1) is 0 Å². The summed E-state index contributed by atoms with van der Waals surface area (Å²) in [6.07, 6.45) is 0. The van der Waals surface area contributed by atoms with Crippen molar-refractivity contribution in [2.24, 2.45) is 0 Å². The first-order chi connectivity index (χ1) is 9.27. The zero-order chi connectivity index (χ0) is 13.5. The summed E-state index contributed by atoms with van der Waals surface area (Å²) in [5, 5.41) is 3.77. The van der Waals surface area contributed by atoms with Crippen molar-refractivity contribution >= 4 is 17.2 Å². The van der Waals surface area contributed by atoms with Gasteiger partial charge in [0.05, 0.1) is 18.8 Å². The van der Waals surface area contributed by atoms with Crippen LogP contribution in [0.2, 0.25) is 0 Å². The summed E-state index contributed by atoms with van der Waals surface area (Å²) in [6, 6.07) is 11.9. The highest BCUT2D eigenvalue weighted by Gasteiger charge is 2.11. The number of ether oxygens (including phenoxy) is 1. The van der Waals surface area contributed by atoms with E-state index in [9.17, 15) is 4.79 Å². The Bertz CT molecular complexity index is 496. The maximum Gasteiger partial charge on any atom is 0.254 e. The molecule has 0 aliphatic rings. The first-order valence-electron chi connectivity index (χ1n) is 6.16. The van der Waals surface area contributed by atoms with E-state index in [-0.39, 0.29) is 5.91 Å². The average Bonchev–Trinajstić information content (AvgIpc) is 2.98. The van der Waals surface area contributed by atoms with Crippen LogP contribution < -0.4 is 0 Å². The highest BCUT2D eigenvalue weighted by molar-refractivity contribution is 7.08. The van der Waals surface area contributed by atoms with E-state index in [1.165, 1.54) is 11.3 Å². The Labute approximate surface area is 117 Å². The fourth-order valence-corrected chi connectivity index (χ4v) is 2.30. The van der Waals surface area contributed by atoms with E-state index in [2.05, 4.69) is 0 Å². The molecule has 19 heavy (non-hydrogen) atoms. The van der Waals surface area contributed by atoms with Gasteiger partial charge < -0.3 is 9.64 Å². The SMILES string of the molecule is CN(CCOCc1ccccc1)C(=O)c1ccsc1. The van der Waals surface area contributed by atoms with E-state index in [0.29, 0.717) is 19.8 Å². The van der Waals surface area contributed by atoms with Crippen LogP contribution in [0.15, 0.2) is 47.2 Å². The van der Waals surface area contributed by atoms with Crippen molar-refractivity contribution in [1.82, 2.24) is 4.90 Å². The van der Waals surface area contributed by atoms with Gasteiger partial charge in [0.15, 0.2) is 0 Å². The molecule has 0 atom stereocenters.